The van der Waals surface area contributed by atoms with Crippen molar-refractivity contribution in [1.29, 1.82) is 0 Å². The van der Waals surface area contributed by atoms with E-state index in [1.54, 1.807) is 44.4 Å². The van der Waals surface area contributed by atoms with Gasteiger partial charge in [0.1, 0.15) is 16.8 Å². The summed E-state index contributed by atoms with van der Waals surface area (Å²) in [6.07, 6.45) is 0. The zero-order valence-electron chi connectivity index (χ0n) is 16.2. The van der Waals surface area contributed by atoms with E-state index in [1.807, 2.05) is 24.3 Å². The maximum absolute atomic E-state index is 12.5. The molecular weight excluding hydrogens is 386 g/mol. The Morgan fingerprint density at radius 2 is 1.77 bits per heavy atom. The summed E-state index contributed by atoms with van der Waals surface area (Å²) in [5.74, 6) is 0.289. The van der Waals surface area contributed by atoms with E-state index < -0.39 is 10.8 Å². The van der Waals surface area contributed by atoms with Gasteiger partial charge in [-0.2, -0.15) is 4.80 Å². The predicted octanol–water partition coefficient (Wildman–Crippen LogP) is 3.90. The number of nitrogens with one attached hydrogen (secondary N) is 1. The Morgan fingerprint density at radius 3 is 2.47 bits per heavy atom. The van der Waals surface area contributed by atoms with Gasteiger partial charge in [0, 0.05) is 22.9 Å². The van der Waals surface area contributed by atoms with E-state index in [-0.39, 0.29) is 11.3 Å². The van der Waals surface area contributed by atoms with Gasteiger partial charge < -0.3 is 10.1 Å². The van der Waals surface area contributed by atoms with Gasteiger partial charge in [0.25, 0.3) is 11.6 Å². The van der Waals surface area contributed by atoms with Crippen LogP contribution in [0.3, 0.4) is 0 Å². The summed E-state index contributed by atoms with van der Waals surface area (Å²) >= 11 is 0. The molecule has 1 heterocycles. The highest BCUT2D eigenvalue weighted by molar-refractivity contribution is 6.05. The largest absolute Gasteiger partial charge is 0.497 e. The standard InChI is InChI=1S/C21H17N5O4/c1-13-3-4-14(11-20(13)26(28)29)21(27)22-15-5-10-18-19(12-15)24-25(23-18)16-6-8-17(30-2)9-7-16/h3-12H,1-2H3,(H,22,27). The molecule has 150 valence electrons. The molecule has 4 aromatic rings. The first kappa shape index (κ1) is 19.1. The molecule has 9 nitrogen and oxygen atoms in total. The van der Waals surface area contributed by atoms with E-state index >= 15 is 0 Å². The van der Waals surface area contributed by atoms with E-state index in [1.165, 1.54) is 10.9 Å². The number of amides is 1. The van der Waals surface area contributed by atoms with Crippen molar-refractivity contribution in [3.63, 3.8) is 0 Å². The minimum absolute atomic E-state index is 0.0967. The van der Waals surface area contributed by atoms with Crippen LogP contribution >= 0.6 is 0 Å². The van der Waals surface area contributed by atoms with E-state index in [0.717, 1.165) is 11.4 Å². The van der Waals surface area contributed by atoms with Crippen LogP contribution in [-0.2, 0) is 0 Å². The number of benzene rings is 3. The van der Waals surface area contributed by atoms with Crippen molar-refractivity contribution in [2.45, 2.75) is 6.92 Å². The third-order valence-corrected chi connectivity index (χ3v) is 4.61. The highest BCUT2D eigenvalue weighted by Crippen LogP contribution is 2.22. The van der Waals surface area contributed by atoms with E-state index in [0.29, 0.717) is 22.3 Å². The van der Waals surface area contributed by atoms with E-state index in [9.17, 15) is 14.9 Å². The third-order valence-electron chi connectivity index (χ3n) is 4.61. The molecule has 0 aliphatic rings. The van der Waals surface area contributed by atoms with Crippen molar-refractivity contribution in [1.82, 2.24) is 15.0 Å². The van der Waals surface area contributed by atoms with Gasteiger partial charge in [-0.15, -0.1) is 10.2 Å². The van der Waals surface area contributed by atoms with E-state index in [2.05, 4.69) is 15.5 Å². The molecule has 4 rings (SSSR count). The van der Waals surface area contributed by atoms with Gasteiger partial charge in [-0.1, -0.05) is 6.07 Å². The highest BCUT2D eigenvalue weighted by atomic mass is 16.6. The maximum atomic E-state index is 12.5. The Kier molecular flexibility index (Phi) is 4.85. The number of aryl methyl sites for hydroxylation is 1. The molecule has 0 unspecified atom stereocenters. The lowest BCUT2D eigenvalue weighted by atomic mass is 10.1. The second-order valence-electron chi connectivity index (χ2n) is 6.60. The lowest BCUT2D eigenvalue weighted by molar-refractivity contribution is -0.385. The lowest BCUT2D eigenvalue weighted by Gasteiger charge is -2.06. The number of hydrogen-bond acceptors (Lipinski definition) is 6. The number of aromatic nitrogens is 3. The average Bonchev–Trinajstić information content (AvgIpc) is 3.17. The summed E-state index contributed by atoms with van der Waals surface area (Å²) < 4.78 is 5.15. The molecule has 1 aromatic heterocycles. The minimum atomic E-state index is -0.504. The van der Waals surface area contributed by atoms with Crippen molar-refractivity contribution in [3.8, 4) is 11.4 Å². The number of carbonyl (C=O) groups is 1. The SMILES string of the molecule is COc1ccc(-n2nc3ccc(NC(=O)c4ccc(C)c([N+](=O)[O-])c4)cc3n2)cc1. The Bertz CT molecular complexity index is 1260. The zero-order valence-corrected chi connectivity index (χ0v) is 16.2. The van der Waals surface area contributed by atoms with Gasteiger partial charge in [0.05, 0.1) is 17.7 Å². The Morgan fingerprint density at radius 1 is 1.03 bits per heavy atom. The summed E-state index contributed by atoms with van der Waals surface area (Å²) in [5.41, 5.74) is 3.14. The smallest absolute Gasteiger partial charge is 0.273 e. The first-order chi connectivity index (χ1) is 14.4. The van der Waals surface area contributed by atoms with Crippen molar-refractivity contribution >= 4 is 28.3 Å². The molecule has 1 amide bonds. The fourth-order valence-electron chi connectivity index (χ4n) is 2.97. The molecular formula is C21H17N5O4. The number of anilines is 1. The highest BCUT2D eigenvalue weighted by Gasteiger charge is 2.15. The first-order valence-corrected chi connectivity index (χ1v) is 9.02. The molecule has 3 aromatic carbocycles. The molecule has 0 saturated heterocycles. The molecule has 0 aliphatic carbocycles. The number of nitro groups is 1. The number of nitrogens with zero attached hydrogens (tertiary/aromatic N) is 4. The molecule has 0 fully saturated rings. The van der Waals surface area contributed by atoms with Gasteiger partial charge in [0.15, 0.2) is 0 Å². The Hall–Kier alpha value is -4.27. The Labute approximate surface area is 171 Å². The van der Waals surface area contributed by atoms with Crippen molar-refractivity contribution in [2.75, 3.05) is 12.4 Å². The maximum Gasteiger partial charge on any atom is 0.273 e. The molecule has 0 radical (unpaired) electrons. The molecule has 0 aliphatic heterocycles. The molecule has 30 heavy (non-hydrogen) atoms. The molecule has 0 saturated carbocycles. The number of methoxy groups -OCH3 is 1. The quantitative estimate of drug-likeness (QED) is 0.399. The molecule has 0 atom stereocenters. The predicted molar refractivity (Wildman–Crippen MR) is 111 cm³/mol. The number of nitro benzene ring substituents is 1. The number of hydrogen-bond donors (Lipinski definition) is 1. The van der Waals surface area contributed by atoms with Crippen LogP contribution in [0.25, 0.3) is 16.7 Å². The van der Waals surface area contributed by atoms with Crippen molar-refractivity contribution in [3.05, 3.63) is 81.9 Å². The average molecular weight is 403 g/mol. The fraction of sp³-hybridized carbons (Fsp3) is 0.0952. The molecule has 9 heteroatoms. The van der Waals surface area contributed by atoms with Crippen LogP contribution in [0.1, 0.15) is 15.9 Å². The van der Waals surface area contributed by atoms with Crippen LogP contribution in [0.5, 0.6) is 5.75 Å². The summed E-state index contributed by atoms with van der Waals surface area (Å²) in [7, 11) is 1.60. The topological polar surface area (TPSA) is 112 Å². The lowest BCUT2D eigenvalue weighted by Crippen LogP contribution is -2.12. The number of ether oxygens (including phenoxy) is 1. The van der Waals surface area contributed by atoms with Crippen molar-refractivity contribution in [2.24, 2.45) is 0 Å². The van der Waals surface area contributed by atoms with Gasteiger partial charge >= 0.3 is 0 Å². The van der Waals surface area contributed by atoms with Crippen LogP contribution in [-0.4, -0.2) is 32.9 Å². The fourth-order valence-corrected chi connectivity index (χ4v) is 2.97. The summed E-state index contributed by atoms with van der Waals surface area (Å²) in [4.78, 5) is 24.6. The van der Waals surface area contributed by atoms with E-state index in [4.69, 9.17) is 4.74 Å². The van der Waals surface area contributed by atoms with Crippen LogP contribution in [0, 0.1) is 17.0 Å². The molecule has 0 bridgehead atoms. The van der Waals surface area contributed by atoms with Crippen molar-refractivity contribution < 1.29 is 14.5 Å². The minimum Gasteiger partial charge on any atom is -0.497 e. The normalized spacial score (nSPS) is 10.7. The van der Waals surface area contributed by atoms with Gasteiger partial charge in [-0.05, 0) is 55.5 Å². The zero-order chi connectivity index (χ0) is 21.3. The van der Waals surface area contributed by atoms with Crippen LogP contribution in [0.4, 0.5) is 11.4 Å². The number of fused-ring (bicyclic) bond motifs is 1. The molecule has 1 N–H and O–H groups in total. The van der Waals surface area contributed by atoms with Crippen LogP contribution < -0.4 is 10.1 Å². The summed E-state index contributed by atoms with van der Waals surface area (Å²) in [6, 6.07) is 16.8. The third kappa shape index (κ3) is 3.68. The summed E-state index contributed by atoms with van der Waals surface area (Å²) in [5, 5.41) is 22.7. The number of carbonyl (C=O) groups excluding carboxylic acids is 1. The van der Waals surface area contributed by atoms with Gasteiger partial charge in [0.2, 0.25) is 0 Å². The second-order valence-corrected chi connectivity index (χ2v) is 6.60. The van der Waals surface area contributed by atoms with Gasteiger partial charge in [-0.3, -0.25) is 14.9 Å². The summed E-state index contributed by atoms with van der Waals surface area (Å²) in [6.45, 7) is 1.62. The number of rotatable bonds is 5. The second kappa shape index (κ2) is 7.63. The monoisotopic (exact) mass is 403 g/mol. The first-order valence-electron chi connectivity index (χ1n) is 9.02. The Balaban J connectivity index is 1.58. The van der Waals surface area contributed by atoms with Gasteiger partial charge in [-0.25, -0.2) is 0 Å². The molecule has 0 spiro atoms. The van der Waals surface area contributed by atoms with Crippen LogP contribution in [0.2, 0.25) is 0 Å². The van der Waals surface area contributed by atoms with Crippen LogP contribution in [0.15, 0.2) is 60.7 Å².